The molecular formula is C21H27NO4S. The number of amides is 1. The summed E-state index contributed by atoms with van der Waals surface area (Å²) in [5.41, 5.74) is 3.00. The summed E-state index contributed by atoms with van der Waals surface area (Å²) in [6, 6.07) is 12.2. The van der Waals surface area contributed by atoms with Crippen LogP contribution in [0.3, 0.4) is 0 Å². The van der Waals surface area contributed by atoms with Crippen molar-refractivity contribution in [2.75, 3.05) is 6.26 Å². The first kappa shape index (κ1) is 21.0. The third-order valence-electron chi connectivity index (χ3n) is 4.30. The Kier molecular flexibility index (Phi) is 6.65. The standard InChI is InChI=1S/C21H27NO4S/c1-6-20(26-18-12-14(2)11-15(3)13-18)21(23)22-16(4)17-7-9-19(10-8-17)27(5,24)25/h7-13,16,20H,6H2,1-5H3,(H,22,23). The van der Waals surface area contributed by atoms with Crippen LogP contribution in [0.1, 0.15) is 43.0 Å². The molecule has 1 amide bonds. The molecule has 2 aromatic rings. The molecule has 2 atom stereocenters. The number of carbonyl (C=O) groups is 1. The van der Waals surface area contributed by atoms with Crippen LogP contribution >= 0.6 is 0 Å². The lowest BCUT2D eigenvalue weighted by atomic mass is 10.1. The molecule has 2 rings (SSSR count). The predicted octanol–water partition coefficient (Wildman–Crippen LogP) is 3.74. The maximum absolute atomic E-state index is 12.6. The maximum atomic E-state index is 12.6. The van der Waals surface area contributed by atoms with Crippen LogP contribution in [0.5, 0.6) is 5.75 Å². The quantitative estimate of drug-likeness (QED) is 0.783. The largest absolute Gasteiger partial charge is 0.481 e. The Morgan fingerprint density at radius 1 is 1.07 bits per heavy atom. The summed E-state index contributed by atoms with van der Waals surface area (Å²) in [6.45, 7) is 7.74. The summed E-state index contributed by atoms with van der Waals surface area (Å²) in [7, 11) is -3.23. The monoisotopic (exact) mass is 389 g/mol. The molecule has 5 nitrogen and oxygen atoms in total. The van der Waals surface area contributed by atoms with Gasteiger partial charge in [-0.2, -0.15) is 0 Å². The number of benzene rings is 2. The van der Waals surface area contributed by atoms with E-state index in [0.717, 1.165) is 16.7 Å². The van der Waals surface area contributed by atoms with Crippen LogP contribution in [0.4, 0.5) is 0 Å². The lowest BCUT2D eigenvalue weighted by Gasteiger charge is -2.21. The van der Waals surface area contributed by atoms with Crippen LogP contribution in [-0.4, -0.2) is 26.7 Å². The lowest BCUT2D eigenvalue weighted by molar-refractivity contribution is -0.128. The van der Waals surface area contributed by atoms with Crippen molar-refractivity contribution in [1.82, 2.24) is 5.32 Å². The first-order valence-corrected chi connectivity index (χ1v) is 10.8. The third-order valence-corrected chi connectivity index (χ3v) is 5.43. The highest BCUT2D eigenvalue weighted by Gasteiger charge is 2.21. The van der Waals surface area contributed by atoms with E-state index in [-0.39, 0.29) is 16.8 Å². The van der Waals surface area contributed by atoms with Gasteiger partial charge in [-0.15, -0.1) is 0 Å². The van der Waals surface area contributed by atoms with Crippen molar-refractivity contribution in [2.45, 2.75) is 51.2 Å². The summed E-state index contributed by atoms with van der Waals surface area (Å²) < 4.78 is 29.0. The normalized spacial score (nSPS) is 13.7. The summed E-state index contributed by atoms with van der Waals surface area (Å²) in [6.07, 6.45) is 1.12. The second-order valence-corrected chi connectivity index (χ2v) is 8.93. The van der Waals surface area contributed by atoms with Crippen molar-refractivity contribution >= 4 is 15.7 Å². The van der Waals surface area contributed by atoms with Gasteiger partial charge < -0.3 is 10.1 Å². The summed E-state index contributed by atoms with van der Waals surface area (Å²) in [5, 5.41) is 2.94. The Bertz CT molecular complexity index is 884. The maximum Gasteiger partial charge on any atom is 0.261 e. The fourth-order valence-corrected chi connectivity index (χ4v) is 3.51. The Morgan fingerprint density at radius 2 is 1.63 bits per heavy atom. The van der Waals surface area contributed by atoms with Crippen molar-refractivity contribution in [1.29, 1.82) is 0 Å². The smallest absolute Gasteiger partial charge is 0.261 e. The van der Waals surface area contributed by atoms with Crippen molar-refractivity contribution in [3.05, 3.63) is 59.2 Å². The van der Waals surface area contributed by atoms with Gasteiger partial charge in [0.2, 0.25) is 0 Å². The van der Waals surface area contributed by atoms with Crippen LogP contribution in [0, 0.1) is 13.8 Å². The molecule has 0 aromatic heterocycles. The van der Waals surface area contributed by atoms with Gasteiger partial charge in [-0.25, -0.2) is 8.42 Å². The van der Waals surface area contributed by atoms with E-state index in [1.54, 1.807) is 24.3 Å². The molecule has 0 saturated carbocycles. The first-order chi connectivity index (χ1) is 12.6. The van der Waals surface area contributed by atoms with Crippen LogP contribution in [-0.2, 0) is 14.6 Å². The minimum Gasteiger partial charge on any atom is -0.481 e. The van der Waals surface area contributed by atoms with Crippen molar-refractivity contribution < 1.29 is 17.9 Å². The molecule has 2 aromatic carbocycles. The summed E-state index contributed by atoms with van der Waals surface area (Å²) >= 11 is 0. The fourth-order valence-electron chi connectivity index (χ4n) is 2.88. The molecule has 146 valence electrons. The fraction of sp³-hybridized carbons (Fsp3) is 0.381. The van der Waals surface area contributed by atoms with E-state index >= 15 is 0 Å². The van der Waals surface area contributed by atoms with Crippen LogP contribution in [0.25, 0.3) is 0 Å². The van der Waals surface area contributed by atoms with Gasteiger partial charge in [0.05, 0.1) is 10.9 Å². The molecule has 0 bridgehead atoms. The zero-order valence-corrected chi connectivity index (χ0v) is 17.3. The second-order valence-electron chi connectivity index (χ2n) is 6.91. The zero-order chi connectivity index (χ0) is 20.2. The SMILES string of the molecule is CCC(Oc1cc(C)cc(C)c1)C(=O)NC(C)c1ccc(S(C)(=O)=O)cc1. The number of nitrogens with one attached hydrogen (secondary N) is 1. The molecule has 1 N–H and O–H groups in total. The third kappa shape index (κ3) is 5.82. The first-order valence-electron chi connectivity index (χ1n) is 8.95. The molecule has 6 heteroatoms. The number of ether oxygens (including phenoxy) is 1. The van der Waals surface area contributed by atoms with Gasteiger partial charge in [0.15, 0.2) is 15.9 Å². The van der Waals surface area contributed by atoms with Crippen LogP contribution in [0.15, 0.2) is 47.4 Å². The topological polar surface area (TPSA) is 72.5 Å². The average molecular weight is 390 g/mol. The lowest BCUT2D eigenvalue weighted by Crippen LogP contribution is -2.39. The van der Waals surface area contributed by atoms with Crippen LogP contribution < -0.4 is 10.1 Å². The number of hydrogen-bond donors (Lipinski definition) is 1. The van der Waals surface area contributed by atoms with E-state index < -0.39 is 15.9 Å². The summed E-state index contributed by atoms with van der Waals surface area (Å²) in [4.78, 5) is 12.9. The Labute approximate surface area is 161 Å². The number of aryl methyl sites for hydroxylation is 2. The van der Waals surface area contributed by atoms with E-state index in [2.05, 4.69) is 11.4 Å². The molecule has 0 heterocycles. The van der Waals surface area contributed by atoms with Gasteiger partial charge in [0.25, 0.3) is 5.91 Å². The molecule has 0 spiro atoms. The zero-order valence-electron chi connectivity index (χ0n) is 16.4. The molecule has 0 aliphatic carbocycles. The molecular weight excluding hydrogens is 362 g/mol. The molecule has 2 unspecified atom stereocenters. The number of carbonyl (C=O) groups excluding carboxylic acids is 1. The Hall–Kier alpha value is -2.34. The van der Waals surface area contributed by atoms with E-state index in [0.29, 0.717) is 12.2 Å². The van der Waals surface area contributed by atoms with Crippen molar-refractivity contribution in [2.24, 2.45) is 0 Å². The van der Waals surface area contributed by atoms with Gasteiger partial charge in [-0.05, 0) is 68.1 Å². The van der Waals surface area contributed by atoms with Gasteiger partial charge in [0, 0.05) is 6.26 Å². The minimum absolute atomic E-state index is 0.198. The molecule has 27 heavy (non-hydrogen) atoms. The van der Waals surface area contributed by atoms with E-state index in [9.17, 15) is 13.2 Å². The van der Waals surface area contributed by atoms with E-state index in [1.807, 2.05) is 39.8 Å². The highest BCUT2D eigenvalue weighted by molar-refractivity contribution is 7.90. The average Bonchev–Trinajstić information content (AvgIpc) is 2.58. The molecule has 0 aliphatic heterocycles. The van der Waals surface area contributed by atoms with Crippen molar-refractivity contribution in [3.8, 4) is 5.75 Å². The predicted molar refractivity (Wildman–Crippen MR) is 107 cm³/mol. The van der Waals surface area contributed by atoms with Gasteiger partial charge in [-0.1, -0.05) is 25.1 Å². The number of hydrogen-bond acceptors (Lipinski definition) is 4. The van der Waals surface area contributed by atoms with Gasteiger partial charge in [0.1, 0.15) is 5.75 Å². The highest BCUT2D eigenvalue weighted by Crippen LogP contribution is 2.20. The number of sulfone groups is 1. The highest BCUT2D eigenvalue weighted by atomic mass is 32.2. The Balaban J connectivity index is 2.07. The Morgan fingerprint density at radius 3 is 2.11 bits per heavy atom. The van der Waals surface area contributed by atoms with E-state index in [1.165, 1.54) is 6.26 Å². The van der Waals surface area contributed by atoms with Crippen LogP contribution in [0.2, 0.25) is 0 Å². The van der Waals surface area contributed by atoms with Gasteiger partial charge in [-0.3, -0.25) is 4.79 Å². The van der Waals surface area contributed by atoms with Crippen molar-refractivity contribution in [3.63, 3.8) is 0 Å². The molecule has 0 fully saturated rings. The minimum atomic E-state index is -3.23. The van der Waals surface area contributed by atoms with Gasteiger partial charge >= 0.3 is 0 Å². The summed E-state index contributed by atoms with van der Waals surface area (Å²) in [5.74, 6) is 0.482. The van der Waals surface area contributed by atoms with E-state index in [4.69, 9.17) is 4.74 Å². The number of rotatable bonds is 7. The molecule has 0 radical (unpaired) electrons. The molecule has 0 aliphatic rings. The second kappa shape index (κ2) is 8.57. The molecule has 0 saturated heterocycles.